The van der Waals surface area contributed by atoms with Crippen LogP contribution in [0, 0.1) is 11.8 Å². The minimum Gasteiger partial charge on any atom is -0.467 e. The van der Waals surface area contributed by atoms with E-state index in [1.807, 2.05) is 20.8 Å². The maximum absolute atomic E-state index is 12.2. The fourth-order valence-electron chi connectivity index (χ4n) is 2.82. The van der Waals surface area contributed by atoms with Crippen LogP contribution in [0.2, 0.25) is 0 Å². The predicted molar refractivity (Wildman–Crippen MR) is 64.9 cm³/mol. The number of rotatable bonds is 1. The molecule has 1 saturated carbocycles. The lowest BCUT2D eigenvalue weighted by Crippen LogP contribution is -2.46. The Labute approximate surface area is 107 Å². The van der Waals surface area contributed by atoms with Crippen molar-refractivity contribution < 1.29 is 19.1 Å². The van der Waals surface area contributed by atoms with Crippen LogP contribution in [0.15, 0.2) is 0 Å². The Kier molecular flexibility index (Phi) is 3.03. The molecule has 1 aliphatic heterocycles. The molecule has 4 unspecified atom stereocenters. The number of piperidine rings is 1. The van der Waals surface area contributed by atoms with Gasteiger partial charge in [0.15, 0.2) is 0 Å². The van der Waals surface area contributed by atoms with E-state index in [1.54, 1.807) is 4.90 Å². The Morgan fingerprint density at radius 3 is 2.39 bits per heavy atom. The van der Waals surface area contributed by atoms with Crippen LogP contribution in [-0.4, -0.2) is 41.8 Å². The van der Waals surface area contributed by atoms with Gasteiger partial charge < -0.3 is 9.47 Å². The lowest BCUT2D eigenvalue weighted by atomic mass is 10.1. The van der Waals surface area contributed by atoms with Gasteiger partial charge in [-0.05, 0) is 39.0 Å². The zero-order valence-corrected chi connectivity index (χ0v) is 11.6. The van der Waals surface area contributed by atoms with Crippen molar-refractivity contribution in [2.75, 3.05) is 7.11 Å². The third-order valence-corrected chi connectivity index (χ3v) is 3.74. The van der Waals surface area contributed by atoms with E-state index in [0.717, 1.165) is 0 Å². The average Bonchev–Trinajstić information content (AvgIpc) is 2.74. The summed E-state index contributed by atoms with van der Waals surface area (Å²) < 4.78 is 10.1. The van der Waals surface area contributed by atoms with Crippen LogP contribution in [0.1, 0.15) is 34.1 Å². The highest BCUT2D eigenvalue weighted by Gasteiger charge is 2.62. The van der Waals surface area contributed by atoms with Crippen molar-refractivity contribution in [2.24, 2.45) is 11.8 Å². The van der Waals surface area contributed by atoms with E-state index in [4.69, 9.17) is 9.47 Å². The van der Waals surface area contributed by atoms with Gasteiger partial charge >= 0.3 is 12.1 Å². The molecule has 1 saturated heterocycles. The molecule has 2 aliphatic rings. The summed E-state index contributed by atoms with van der Waals surface area (Å²) in [5.41, 5.74) is -0.548. The molecule has 1 amide bonds. The summed E-state index contributed by atoms with van der Waals surface area (Å²) in [5, 5.41) is 0. The topological polar surface area (TPSA) is 55.8 Å². The maximum Gasteiger partial charge on any atom is 0.411 e. The number of esters is 1. The van der Waals surface area contributed by atoms with Crippen molar-refractivity contribution in [3.8, 4) is 0 Å². The highest BCUT2D eigenvalue weighted by atomic mass is 16.6. The van der Waals surface area contributed by atoms with E-state index in [-0.39, 0.29) is 12.0 Å². The molecule has 0 bridgehead atoms. The predicted octanol–water partition coefficient (Wildman–Crippen LogP) is 1.80. The molecule has 0 radical (unpaired) electrons. The van der Waals surface area contributed by atoms with Crippen LogP contribution >= 0.6 is 0 Å². The molecule has 102 valence electrons. The highest BCUT2D eigenvalue weighted by Crippen LogP contribution is 2.53. The van der Waals surface area contributed by atoms with Gasteiger partial charge in [0.1, 0.15) is 11.6 Å². The average molecular weight is 255 g/mol. The molecule has 2 rings (SSSR count). The van der Waals surface area contributed by atoms with E-state index >= 15 is 0 Å². The van der Waals surface area contributed by atoms with Gasteiger partial charge in [0.05, 0.1) is 7.11 Å². The number of hydrogen-bond donors (Lipinski definition) is 0. The van der Waals surface area contributed by atoms with Crippen molar-refractivity contribution >= 4 is 12.1 Å². The summed E-state index contributed by atoms with van der Waals surface area (Å²) in [4.78, 5) is 25.4. The number of amides is 1. The van der Waals surface area contributed by atoms with Crippen molar-refractivity contribution in [3.05, 3.63) is 0 Å². The number of methoxy groups -OCH3 is 1. The number of likely N-dealkylation sites (tertiary alicyclic amines) is 1. The number of hydrogen-bond acceptors (Lipinski definition) is 4. The molecule has 0 spiro atoms. The van der Waals surface area contributed by atoms with Crippen LogP contribution in [0.3, 0.4) is 0 Å². The third-order valence-electron chi connectivity index (χ3n) is 3.74. The number of carbonyl (C=O) groups excluding carboxylic acids is 2. The molecular formula is C13H21NO4. The summed E-state index contributed by atoms with van der Waals surface area (Å²) >= 11 is 0. The molecule has 1 aliphatic carbocycles. The molecule has 0 aromatic rings. The molecule has 0 N–H and O–H groups in total. The van der Waals surface area contributed by atoms with Gasteiger partial charge in [-0.1, -0.05) is 6.92 Å². The van der Waals surface area contributed by atoms with Crippen LogP contribution in [0.4, 0.5) is 4.79 Å². The van der Waals surface area contributed by atoms with Gasteiger partial charge in [-0.15, -0.1) is 0 Å². The van der Waals surface area contributed by atoms with Crippen LogP contribution in [-0.2, 0) is 14.3 Å². The zero-order valence-electron chi connectivity index (χ0n) is 11.6. The Bertz CT molecular complexity index is 374. The van der Waals surface area contributed by atoms with Crippen LogP contribution < -0.4 is 0 Å². The summed E-state index contributed by atoms with van der Waals surface area (Å²) in [6, 6.07) is -0.333. The van der Waals surface area contributed by atoms with Gasteiger partial charge in [0.25, 0.3) is 0 Å². The van der Waals surface area contributed by atoms with E-state index in [1.165, 1.54) is 7.11 Å². The third kappa shape index (κ3) is 2.18. The number of fused-ring (bicyclic) bond motifs is 1. The van der Waals surface area contributed by atoms with Gasteiger partial charge in [0.2, 0.25) is 0 Å². The first-order valence-electron chi connectivity index (χ1n) is 6.35. The summed E-state index contributed by atoms with van der Waals surface area (Å²) in [7, 11) is 1.35. The molecule has 0 aromatic heterocycles. The Balaban J connectivity index is 2.11. The van der Waals surface area contributed by atoms with Crippen LogP contribution in [0.25, 0.3) is 0 Å². The van der Waals surface area contributed by atoms with Crippen molar-refractivity contribution in [3.63, 3.8) is 0 Å². The minimum absolute atomic E-state index is 0.143. The number of nitrogens with zero attached hydrogens (tertiary/aromatic N) is 1. The second-order valence-electron chi connectivity index (χ2n) is 6.18. The number of ether oxygens (including phenoxy) is 2. The first-order chi connectivity index (χ1) is 8.26. The summed E-state index contributed by atoms with van der Waals surface area (Å²) in [6.45, 7) is 7.56. The quantitative estimate of drug-likeness (QED) is 0.670. The van der Waals surface area contributed by atoms with E-state index in [9.17, 15) is 9.59 Å². The fourth-order valence-corrected chi connectivity index (χ4v) is 2.82. The standard InChI is InChI=1S/C13H21NO4/c1-7-8-6-9(11(15)17-5)14(10(7)8)12(16)18-13(2,3)4/h7-10H,6H2,1-5H3. The number of carbonyl (C=O) groups is 2. The highest BCUT2D eigenvalue weighted by molar-refractivity contribution is 5.83. The van der Waals surface area contributed by atoms with Gasteiger partial charge in [-0.3, -0.25) is 4.90 Å². The Hall–Kier alpha value is -1.26. The van der Waals surface area contributed by atoms with Crippen molar-refractivity contribution in [1.29, 1.82) is 0 Å². The zero-order chi connectivity index (χ0) is 13.7. The Morgan fingerprint density at radius 2 is 1.89 bits per heavy atom. The van der Waals surface area contributed by atoms with E-state index in [2.05, 4.69) is 6.92 Å². The second kappa shape index (κ2) is 4.14. The van der Waals surface area contributed by atoms with Gasteiger partial charge in [0, 0.05) is 6.04 Å². The molecule has 2 fully saturated rings. The molecule has 4 atom stereocenters. The molecule has 5 nitrogen and oxygen atoms in total. The smallest absolute Gasteiger partial charge is 0.411 e. The maximum atomic E-state index is 12.2. The molecule has 0 aromatic carbocycles. The molecule has 1 heterocycles. The van der Waals surface area contributed by atoms with E-state index in [0.29, 0.717) is 18.3 Å². The second-order valence-corrected chi connectivity index (χ2v) is 6.18. The molecule has 5 heteroatoms. The monoisotopic (exact) mass is 255 g/mol. The SMILES string of the molecule is COC(=O)C1CC2C(C)C2N1C(=O)OC(C)(C)C. The van der Waals surface area contributed by atoms with Crippen molar-refractivity contribution in [2.45, 2.75) is 51.8 Å². The van der Waals surface area contributed by atoms with Crippen LogP contribution in [0.5, 0.6) is 0 Å². The first kappa shape index (κ1) is 13.2. The van der Waals surface area contributed by atoms with Crippen molar-refractivity contribution in [1.82, 2.24) is 4.90 Å². The lowest BCUT2D eigenvalue weighted by molar-refractivity contribution is -0.146. The van der Waals surface area contributed by atoms with Gasteiger partial charge in [-0.2, -0.15) is 0 Å². The molecule has 18 heavy (non-hydrogen) atoms. The normalized spacial score (nSPS) is 33.9. The largest absolute Gasteiger partial charge is 0.467 e. The summed E-state index contributed by atoms with van der Waals surface area (Å²) in [5.74, 6) is 0.528. The minimum atomic E-state index is -0.548. The van der Waals surface area contributed by atoms with E-state index < -0.39 is 17.7 Å². The Morgan fingerprint density at radius 1 is 1.28 bits per heavy atom. The van der Waals surface area contributed by atoms with Gasteiger partial charge in [-0.25, -0.2) is 9.59 Å². The molecular weight excluding hydrogens is 234 g/mol. The first-order valence-corrected chi connectivity index (χ1v) is 6.35. The summed E-state index contributed by atoms with van der Waals surface area (Å²) in [6.07, 6.45) is 0.285. The lowest BCUT2D eigenvalue weighted by Gasteiger charge is -2.29. The fraction of sp³-hybridized carbons (Fsp3) is 0.846.